The second-order valence-electron chi connectivity index (χ2n) is 9.80. The number of ether oxygens (including phenoxy) is 1. The molecule has 0 saturated carbocycles. The lowest BCUT2D eigenvalue weighted by atomic mass is 9.92. The average Bonchev–Trinajstić information content (AvgIpc) is 3.53. The fourth-order valence-corrected chi connectivity index (χ4v) is 5.06. The first-order chi connectivity index (χ1) is 17.4. The molecule has 3 atom stereocenters. The Bertz CT molecular complexity index is 1220. The highest BCUT2D eigenvalue weighted by Gasteiger charge is 2.33. The molecule has 2 fully saturated rings. The van der Waals surface area contributed by atoms with E-state index in [4.69, 9.17) is 15.0 Å². The fraction of sp³-hybridized carbons (Fsp3) is 0.560. The summed E-state index contributed by atoms with van der Waals surface area (Å²) in [5.41, 5.74) is 7.37. The van der Waals surface area contributed by atoms with Gasteiger partial charge in [-0.3, -0.25) is 4.79 Å². The van der Waals surface area contributed by atoms with Crippen LogP contribution in [0.5, 0.6) is 5.75 Å². The molecule has 5 rings (SSSR count). The first-order valence-electron chi connectivity index (χ1n) is 12.7. The average molecular weight is 495 g/mol. The topological polar surface area (TPSA) is 128 Å². The summed E-state index contributed by atoms with van der Waals surface area (Å²) < 4.78 is 13.3. The van der Waals surface area contributed by atoms with E-state index in [9.17, 15) is 4.79 Å². The van der Waals surface area contributed by atoms with E-state index < -0.39 is 0 Å². The zero-order chi connectivity index (χ0) is 25.2. The van der Waals surface area contributed by atoms with E-state index in [1.54, 1.807) is 23.0 Å². The molecule has 11 nitrogen and oxygen atoms in total. The second kappa shape index (κ2) is 10.3. The summed E-state index contributed by atoms with van der Waals surface area (Å²) >= 11 is 0. The van der Waals surface area contributed by atoms with Crippen LogP contribution < -0.4 is 25.8 Å². The molecule has 0 radical (unpaired) electrons. The minimum absolute atomic E-state index is 0.0354. The van der Waals surface area contributed by atoms with Crippen molar-refractivity contribution in [3.8, 4) is 5.75 Å². The van der Waals surface area contributed by atoms with E-state index in [1.807, 2.05) is 31.0 Å². The molecular formula is C25H34N8O3. The SMILES string of the molecule is CCc1noc(N2CCC(C(C)Oc3cnc(N4CC(N)C(n5cc(C)ccc5=O)C4)nc3)CC2)n1. The second-order valence-corrected chi connectivity index (χ2v) is 9.80. The lowest BCUT2D eigenvalue weighted by Gasteiger charge is -2.33. The molecule has 2 N–H and O–H groups in total. The van der Waals surface area contributed by atoms with Crippen LogP contribution in [0.4, 0.5) is 12.0 Å². The molecule has 3 aromatic heterocycles. The van der Waals surface area contributed by atoms with Crippen LogP contribution in [0.1, 0.15) is 44.1 Å². The molecule has 2 aliphatic heterocycles. The predicted molar refractivity (Wildman–Crippen MR) is 135 cm³/mol. The number of aromatic nitrogens is 5. The van der Waals surface area contributed by atoms with Gasteiger partial charge in [-0.1, -0.05) is 18.1 Å². The number of hydrogen-bond donors (Lipinski definition) is 1. The lowest BCUT2D eigenvalue weighted by Crippen LogP contribution is -2.38. The van der Waals surface area contributed by atoms with E-state index in [2.05, 4.69) is 31.9 Å². The summed E-state index contributed by atoms with van der Waals surface area (Å²) in [6.45, 7) is 8.97. The summed E-state index contributed by atoms with van der Waals surface area (Å²) in [6.07, 6.45) is 8.07. The summed E-state index contributed by atoms with van der Waals surface area (Å²) in [5, 5.41) is 3.99. The highest BCUT2D eigenvalue weighted by atomic mass is 16.5. The standard InChI is InChI=1S/C25H34N8O3/c1-4-22-29-25(36-30-22)31-9-7-18(8-10-31)17(3)35-19-11-27-24(28-12-19)32-14-20(26)21(15-32)33-13-16(2)5-6-23(33)34/h5-6,11-13,17-18,20-21H,4,7-10,14-15,26H2,1-3H3. The van der Waals surface area contributed by atoms with Crippen molar-refractivity contribution in [3.05, 3.63) is 52.5 Å². The molecule has 0 bridgehead atoms. The molecule has 0 spiro atoms. The molecule has 5 heterocycles. The van der Waals surface area contributed by atoms with Crippen LogP contribution in [0.2, 0.25) is 0 Å². The van der Waals surface area contributed by atoms with Crippen LogP contribution in [-0.2, 0) is 6.42 Å². The monoisotopic (exact) mass is 494 g/mol. The van der Waals surface area contributed by atoms with E-state index in [1.165, 1.54) is 0 Å². The Morgan fingerprint density at radius 2 is 1.92 bits per heavy atom. The smallest absolute Gasteiger partial charge is 0.324 e. The van der Waals surface area contributed by atoms with E-state index in [0.717, 1.165) is 43.7 Å². The molecule has 192 valence electrons. The number of aryl methyl sites for hydroxylation is 2. The largest absolute Gasteiger partial charge is 0.487 e. The maximum Gasteiger partial charge on any atom is 0.324 e. The summed E-state index contributed by atoms with van der Waals surface area (Å²) in [4.78, 5) is 30.0. The van der Waals surface area contributed by atoms with Crippen LogP contribution in [0.15, 0.2) is 40.0 Å². The van der Waals surface area contributed by atoms with Gasteiger partial charge in [-0.15, -0.1) is 0 Å². The number of nitrogens with zero attached hydrogens (tertiary/aromatic N) is 7. The van der Waals surface area contributed by atoms with Gasteiger partial charge >= 0.3 is 6.01 Å². The highest BCUT2D eigenvalue weighted by Crippen LogP contribution is 2.28. The van der Waals surface area contributed by atoms with Crippen LogP contribution >= 0.6 is 0 Å². The number of rotatable bonds is 7. The maximum absolute atomic E-state index is 12.4. The first kappa shape index (κ1) is 24.2. The number of piperidine rings is 1. The van der Waals surface area contributed by atoms with E-state index >= 15 is 0 Å². The third kappa shape index (κ3) is 5.06. The van der Waals surface area contributed by atoms with Crippen molar-refractivity contribution < 1.29 is 9.26 Å². The molecule has 11 heteroatoms. The number of hydrogen-bond acceptors (Lipinski definition) is 10. The zero-order valence-electron chi connectivity index (χ0n) is 21.1. The van der Waals surface area contributed by atoms with Crippen LogP contribution in [0, 0.1) is 12.8 Å². The van der Waals surface area contributed by atoms with Gasteiger partial charge in [0.05, 0.1) is 24.5 Å². The Hall–Kier alpha value is -3.47. The van der Waals surface area contributed by atoms with Gasteiger partial charge < -0.3 is 29.4 Å². The normalized spacial score (nSPS) is 21.7. The van der Waals surface area contributed by atoms with Crippen molar-refractivity contribution >= 4 is 12.0 Å². The molecule has 2 aliphatic rings. The maximum atomic E-state index is 12.4. The molecule has 0 amide bonds. The van der Waals surface area contributed by atoms with Gasteiger partial charge in [0.15, 0.2) is 11.6 Å². The van der Waals surface area contributed by atoms with Gasteiger partial charge in [0.2, 0.25) is 5.95 Å². The number of pyridine rings is 1. The highest BCUT2D eigenvalue weighted by molar-refractivity contribution is 5.35. The quantitative estimate of drug-likeness (QED) is 0.520. The Morgan fingerprint density at radius 1 is 1.17 bits per heavy atom. The van der Waals surface area contributed by atoms with Crippen molar-refractivity contribution in [2.24, 2.45) is 11.7 Å². The molecule has 0 aromatic carbocycles. The molecule has 3 unspecified atom stereocenters. The van der Waals surface area contributed by atoms with E-state index in [-0.39, 0.29) is 23.7 Å². The third-order valence-corrected chi connectivity index (χ3v) is 7.24. The van der Waals surface area contributed by atoms with Crippen molar-refractivity contribution in [1.29, 1.82) is 0 Å². The Labute approximate surface area is 210 Å². The molecular weight excluding hydrogens is 460 g/mol. The van der Waals surface area contributed by atoms with Crippen molar-refractivity contribution in [2.45, 2.75) is 58.2 Å². The van der Waals surface area contributed by atoms with Crippen molar-refractivity contribution in [2.75, 3.05) is 36.0 Å². The third-order valence-electron chi connectivity index (χ3n) is 7.24. The molecule has 36 heavy (non-hydrogen) atoms. The fourth-order valence-electron chi connectivity index (χ4n) is 5.06. The van der Waals surface area contributed by atoms with Crippen molar-refractivity contribution in [3.63, 3.8) is 0 Å². The number of anilines is 2. The van der Waals surface area contributed by atoms with Crippen LogP contribution in [0.3, 0.4) is 0 Å². The van der Waals surface area contributed by atoms with Crippen LogP contribution in [0.25, 0.3) is 0 Å². The van der Waals surface area contributed by atoms with Gasteiger partial charge in [-0.25, -0.2) is 9.97 Å². The van der Waals surface area contributed by atoms with E-state index in [0.29, 0.717) is 36.7 Å². The minimum atomic E-state index is -0.185. The molecule has 0 aliphatic carbocycles. The summed E-state index contributed by atoms with van der Waals surface area (Å²) in [6, 6.07) is 3.71. The van der Waals surface area contributed by atoms with Gasteiger partial charge in [0.1, 0.15) is 0 Å². The summed E-state index contributed by atoms with van der Waals surface area (Å²) in [5.74, 6) is 2.39. The Kier molecular flexibility index (Phi) is 6.90. The molecule has 2 saturated heterocycles. The first-order valence-corrected chi connectivity index (χ1v) is 12.7. The van der Waals surface area contributed by atoms with Gasteiger partial charge in [0.25, 0.3) is 5.56 Å². The molecule has 3 aromatic rings. The Morgan fingerprint density at radius 3 is 2.61 bits per heavy atom. The van der Waals surface area contributed by atoms with Gasteiger partial charge in [-0.05, 0) is 38.2 Å². The lowest BCUT2D eigenvalue weighted by molar-refractivity contribution is 0.131. The summed E-state index contributed by atoms with van der Waals surface area (Å²) in [7, 11) is 0. The zero-order valence-corrected chi connectivity index (χ0v) is 21.1. The van der Waals surface area contributed by atoms with Crippen molar-refractivity contribution in [1.82, 2.24) is 24.7 Å². The van der Waals surface area contributed by atoms with Crippen LogP contribution in [-0.4, -0.2) is 63.0 Å². The predicted octanol–water partition coefficient (Wildman–Crippen LogP) is 1.96. The minimum Gasteiger partial charge on any atom is -0.487 e. The van der Waals surface area contributed by atoms with Gasteiger partial charge in [-0.2, -0.15) is 4.98 Å². The Balaban J connectivity index is 1.15. The number of nitrogens with two attached hydrogens (primary N) is 1. The van der Waals surface area contributed by atoms with Gasteiger partial charge in [0, 0.05) is 50.9 Å².